The van der Waals surface area contributed by atoms with E-state index in [0.29, 0.717) is 12.1 Å². The molecule has 102 valence electrons. The average Bonchev–Trinajstić information content (AvgIpc) is 2.30. The first-order valence-corrected chi connectivity index (χ1v) is 7.23. The van der Waals surface area contributed by atoms with Gasteiger partial charge in [-0.1, -0.05) is 12.8 Å². The second-order valence-electron chi connectivity index (χ2n) is 5.69. The fourth-order valence-corrected chi connectivity index (χ4v) is 2.38. The first-order chi connectivity index (χ1) is 8.11. The Morgan fingerprint density at radius 1 is 1.24 bits per heavy atom. The minimum Gasteiger partial charge on any atom is -0.392 e. The minimum absolute atomic E-state index is 0.109. The van der Waals surface area contributed by atoms with Gasteiger partial charge in [0.25, 0.3) is 0 Å². The van der Waals surface area contributed by atoms with E-state index in [1.165, 1.54) is 32.2 Å². The van der Waals surface area contributed by atoms with Gasteiger partial charge in [-0.3, -0.25) is 0 Å². The average molecular weight is 242 g/mol. The fraction of sp³-hybridized carbons (Fsp3) is 1.00. The van der Waals surface area contributed by atoms with Crippen molar-refractivity contribution in [3.05, 3.63) is 0 Å². The molecule has 1 aliphatic carbocycles. The highest BCUT2D eigenvalue weighted by atomic mass is 16.3. The molecular weight excluding hydrogens is 212 g/mol. The first kappa shape index (κ1) is 14.9. The summed E-state index contributed by atoms with van der Waals surface area (Å²) in [5.41, 5.74) is 0. The topological polar surface area (TPSA) is 35.5 Å². The van der Waals surface area contributed by atoms with Crippen LogP contribution in [0.25, 0.3) is 0 Å². The van der Waals surface area contributed by atoms with Crippen LogP contribution in [0.5, 0.6) is 0 Å². The van der Waals surface area contributed by atoms with E-state index in [1.54, 1.807) is 0 Å². The van der Waals surface area contributed by atoms with E-state index in [2.05, 4.69) is 31.1 Å². The Labute approximate surface area is 107 Å². The summed E-state index contributed by atoms with van der Waals surface area (Å²) in [4.78, 5) is 2.38. The van der Waals surface area contributed by atoms with E-state index < -0.39 is 0 Å². The standard InChI is InChI=1S/C14H30N2O/c1-12(2)16(3)11-7-6-10-15-13-8-4-5-9-14(13)17/h12-15,17H,4-11H2,1-3H3/t13-,14-/m1/s1. The Morgan fingerprint density at radius 2 is 1.94 bits per heavy atom. The molecule has 0 aromatic rings. The normalized spacial score (nSPS) is 25.8. The molecule has 17 heavy (non-hydrogen) atoms. The van der Waals surface area contributed by atoms with Crippen molar-refractivity contribution in [1.29, 1.82) is 0 Å². The van der Waals surface area contributed by atoms with Crippen LogP contribution in [0.4, 0.5) is 0 Å². The lowest BCUT2D eigenvalue weighted by atomic mass is 9.92. The maximum Gasteiger partial charge on any atom is 0.0693 e. The molecule has 0 radical (unpaired) electrons. The lowest BCUT2D eigenvalue weighted by Crippen LogP contribution is -2.42. The zero-order chi connectivity index (χ0) is 12.7. The van der Waals surface area contributed by atoms with Gasteiger partial charge in [0, 0.05) is 12.1 Å². The van der Waals surface area contributed by atoms with Crippen molar-refractivity contribution >= 4 is 0 Å². The Kier molecular flexibility index (Phi) is 7.09. The van der Waals surface area contributed by atoms with Crippen LogP contribution in [0.15, 0.2) is 0 Å². The van der Waals surface area contributed by atoms with Crippen molar-refractivity contribution in [1.82, 2.24) is 10.2 Å². The summed E-state index contributed by atoms with van der Waals surface area (Å²) in [5.74, 6) is 0. The van der Waals surface area contributed by atoms with Crippen LogP contribution in [-0.4, -0.2) is 48.3 Å². The van der Waals surface area contributed by atoms with Crippen LogP contribution in [0.3, 0.4) is 0 Å². The molecule has 1 saturated carbocycles. The Morgan fingerprint density at radius 3 is 2.59 bits per heavy atom. The molecule has 0 spiro atoms. The number of nitrogens with one attached hydrogen (secondary N) is 1. The molecule has 0 saturated heterocycles. The third kappa shape index (κ3) is 5.84. The van der Waals surface area contributed by atoms with Gasteiger partial charge in [0.2, 0.25) is 0 Å². The number of unbranched alkanes of at least 4 members (excludes halogenated alkanes) is 1. The molecule has 1 rings (SSSR count). The molecule has 0 aliphatic heterocycles. The van der Waals surface area contributed by atoms with Crippen LogP contribution < -0.4 is 5.32 Å². The molecular formula is C14H30N2O. The zero-order valence-electron chi connectivity index (χ0n) is 11.8. The van der Waals surface area contributed by atoms with Crippen molar-refractivity contribution in [2.75, 3.05) is 20.1 Å². The number of rotatable bonds is 7. The Balaban J connectivity index is 2.00. The van der Waals surface area contributed by atoms with Gasteiger partial charge < -0.3 is 15.3 Å². The van der Waals surface area contributed by atoms with E-state index in [1.807, 2.05) is 0 Å². The molecule has 0 unspecified atom stereocenters. The van der Waals surface area contributed by atoms with Crippen LogP contribution in [-0.2, 0) is 0 Å². The van der Waals surface area contributed by atoms with E-state index >= 15 is 0 Å². The summed E-state index contributed by atoms with van der Waals surface area (Å²) < 4.78 is 0. The van der Waals surface area contributed by atoms with E-state index in [9.17, 15) is 5.11 Å². The molecule has 1 aliphatic rings. The van der Waals surface area contributed by atoms with Gasteiger partial charge in [-0.15, -0.1) is 0 Å². The maximum atomic E-state index is 9.82. The van der Waals surface area contributed by atoms with E-state index in [0.717, 1.165) is 19.4 Å². The smallest absolute Gasteiger partial charge is 0.0693 e. The molecule has 0 heterocycles. The summed E-state index contributed by atoms with van der Waals surface area (Å²) in [5, 5.41) is 13.3. The largest absolute Gasteiger partial charge is 0.392 e. The summed E-state index contributed by atoms with van der Waals surface area (Å²) in [6.45, 7) is 6.69. The Bertz CT molecular complexity index is 197. The second kappa shape index (κ2) is 8.06. The van der Waals surface area contributed by atoms with Crippen molar-refractivity contribution < 1.29 is 5.11 Å². The van der Waals surface area contributed by atoms with Crippen LogP contribution in [0, 0.1) is 0 Å². The highest BCUT2D eigenvalue weighted by molar-refractivity contribution is 4.80. The fourth-order valence-electron chi connectivity index (χ4n) is 2.38. The number of aliphatic hydroxyl groups excluding tert-OH is 1. The van der Waals surface area contributed by atoms with Crippen molar-refractivity contribution in [2.45, 2.75) is 70.6 Å². The molecule has 2 N–H and O–H groups in total. The van der Waals surface area contributed by atoms with Crippen molar-refractivity contribution in [3.8, 4) is 0 Å². The van der Waals surface area contributed by atoms with E-state index in [-0.39, 0.29) is 6.10 Å². The predicted molar refractivity (Wildman–Crippen MR) is 73.3 cm³/mol. The lowest BCUT2D eigenvalue weighted by Gasteiger charge is -2.28. The first-order valence-electron chi connectivity index (χ1n) is 7.23. The van der Waals surface area contributed by atoms with Gasteiger partial charge in [0.05, 0.1) is 6.10 Å². The van der Waals surface area contributed by atoms with Crippen LogP contribution in [0.2, 0.25) is 0 Å². The summed E-state index contributed by atoms with van der Waals surface area (Å²) >= 11 is 0. The molecule has 3 heteroatoms. The van der Waals surface area contributed by atoms with Gasteiger partial charge in [-0.2, -0.15) is 0 Å². The minimum atomic E-state index is -0.109. The van der Waals surface area contributed by atoms with Gasteiger partial charge in [-0.05, 0) is 59.7 Å². The third-order valence-corrected chi connectivity index (χ3v) is 3.96. The molecule has 1 fully saturated rings. The predicted octanol–water partition coefficient (Wildman–Crippen LogP) is 2.00. The molecule has 0 aromatic heterocycles. The summed E-state index contributed by atoms with van der Waals surface area (Å²) in [7, 11) is 2.18. The van der Waals surface area contributed by atoms with Gasteiger partial charge in [-0.25, -0.2) is 0 Å². The van der Waals surface area contributed by atoms with Crippen LogP contribution >= 0.6 is 0 Å². The highest BCUT2D eigenvalue weighted by Gasteiger charge is 2.21. The van der Waals surface area contributed by atoms with Crippen molar-refractivity contribution in [3.63, 3.8) is 0 Å². The van der Waals surface area contributed by atoms with E-state index in [4.69, 9.17) is 0 Å². The quantitative estimate of drug-likeness (QED) is 0.670. The van der Waals surface area contributed by atoms with Crippen LogP contribution in [0.1, 0.15) is 52.4 Å². The van der Waals surface area contributed by atoms with Gasteiger partial charge >= 0.3 is 0 Å². The monoisotopic (exact) mass is 242 g/mol. The third-order valence-electron chi connectivity index (χ3n) is 3.96. The second-order valence-corrected chi connectivity index (χ2v) is 5.69. The summed E-state index contributed by atoms with van der Waals surface area (Å²) in [6.07, 6.45) is 6.93. The molecule has 3 nitrogen and oxygen atoms in total. The Hall–Kier alpha value is -0.120. The number of aliphatic hydroxyl groups is 1. The SMILES string of the molecule is CC(C)N(C)CCCCN[C@@H]1CCCC[C@H]1O. The van der Waals surface area contributed by atoms with Gasteiger partial charge in [0.1, 0.15) is 0 Å². The molecule has 0 aromatic carbocycles. The lowest BCUT2D eigenvalue weighted by molar-refractivity contribution is 0.0908. The molecule has 2 atom stereocenters. The molecule has 0 amide bonds. The number of hydrogen-bond donors (Lipinski definition) is 2. The van der Waals surface area contributed by atoms with Crippen molar-refractivity contribution in [2.24, 2.45) is 0 Å². The maximum absolute atomic E-state index is 9.82. The number of nitrogens with zero attached hydrogens (tertiary/aromatic N) is 1. The zero-order valence-corrected chi connectivity index (χ0v) is 11.8. The molecule has 0 bridgehead atoms. The summed E-state index contributed by atoms with van der Waals surface area (Å²) in [6, 6.07) is 0.995. The number of hydrogen-bond acceptors (Lipinski definition) is 3. The van der Waals surface area contributed by atoms with Gasteiger partial charge in [0.15, 0.2) is 0 Å². The highest BCUT2D eigenvalue weighted by Crippen LogP contribution is 2.18.